The SMILES string of the molecule is O=c1[nH]c(-c2ccccc2)nc2c1CCN(S(=O)(=O)c1cccc3cccnc13)C2. The summed E-state index contributed by atoms with van der Waals surface area (Å²) in [4.78, 5) is 24.4. The van der Waals surface area contributed by atoms with Gasteiger partial charge in [-0.15, -0.1) is 0 Å². The van der Waals surface area contributed by atoms with Gasteiger partial charge in [-0.25, -0.2) is 13.4 Å². The quantitative estimate of drug-likeness (QED) is 0.552. The van der Waals surface area contributed by atoms with Gasteiger partial charge in [0, 0.05) is 29.3 Å². The molecular formula is C22H18N4O3S. The summed E-state index contributed by atoms with van der Waals surface area (Å²) in [6.07, 6.45) is 1.89. The molecule has 7 nitrogen and oxygen atoms in total. The van der Waals surface area contributed by atoms with Crippen LogP contribution in [0.1, 0.15) is 11.3 Å². The van der Waals surface area contributed by atoms with Crippen molar-refractivity contribution in [2.75, 3.05) is 6.54 Å². The molecule has 1 aliphatic rings. The summed E-state index contributed by atoms with van der Waals surface area (Å²) in [5, 5.41) is 0.761. The van der Waals surface area contributed by atoms with Crippen LogP contribution in [0.5, 0.6) is 0 Å². The number of benzene rings is 2. The van der Waals surface area contributed by atoms with Crippen LogP contribution in [0.4, 0.5) is 0 Å². The van der Waals surface area contributed by atoms with Crippen molar-refractivity contribution < 1.29 is 8.42 Å². The highest BCUT2D eigenvalue weighted by atomic mass is 32.2. The number of pyridine rings is 1. The van der Waals surface area contributed by atoms with Gasteiger partial charge in [0.25, 0.3) is 5.56 Å². The summed E-state index contributed by atoms with van der Waals surface area (Å²) in [6.45, 7) is 0.263. The number of hydrogen-bond acceptors (Lipinski definition) is 5. The molecule has 30 heavy (non-hydrogen) atoms. The van der Waals surface area contributed by atoms with E-state index in [0.29, 0.717) is 29.0 Å². The highest BCUT2D eigenvalue weighted by Gasteiger charge is 2.32. The van der Waals surface area contributed by atoms with Gasteiger partial charge in [0.15, 0.2) is 0 Å². The lowest BCUT2D eigenvalue weighted by atomic mass is 10.1. The van der Waals surface area contributed by atoms with Gasteiger partial charge in [0.1, 0.15) is 10.7 Å². The Kier molecular flexibility index (Phi) is 4.45. The lowest BCUT2D eigenvalue weighted by Gasteiger charge is -2.27. The van der Waals surface area contributed by atoms with Crippen LogP contribution in [-0.2, 0) is 23.0 Å². The van der Waals surface area contributed by atoms with E-state index in [0.717, 1.165) is 10.9 Å². The van der Waals surface area contributed by atoms with E-state index >= 15 is 0 Å². The van der Waals surface area contributed by atoms with E-state index in [1.807, 2.05) is 42.5 Å². The van der Waals surface area contributed by atoms with E-state index in [1.165, 1.54) is 4.31 Å². The zero-order valence-corrected chi connectivity index (χ0v) is 16.8. The van der Waals surface area contributed by atoms with Gasteiger partial charge in [0.05, 0.1) is 17.8 Å². The first-order valence-electron chi connectivity index (χ1n) is 9.55. The van der Waals surface area contributed by atoms with E-state index in [1.54, 1.807) is 24.4 Å². The summed E-state index contributed by atoms with van der Waals surface area (Å²) in [7, 11) is -3.80. The Morgan fingerprint density at radius 3 is 2.60 bits per heavy atom. The fourth-order valence-corrected chi connectivity index (χ4v) is 5.34. The molecule has 0 atom stereocenters. The zero-order valence-electron chi connectivity index (χ0n) is 15.9. The van der Waals surface area contributed by atoms with Crippen molar-refractivity contribution in [2.45, 2.75) is 17.9 Å². The molecule has 0 saturated heterocycles. The Morgan fingerprint density at radius 1 is 0.967 bits per heavy atom. The third-order valence-corrected chi connectivity index (χ3v) is 7.18. The molecule has 0 saturated carbocycles. The van der Waals surface area contributed by atoms with Crippen LogP contribution >= 0.6 is 0 Å². The molecule has 1 N–H and O–H groups in total. The van der Waals surface area contributed by atoms with Crippen LogP contribution in [0.15, 0.2) is 76.6 Å². The third-order valence-electron chi connectivity index (χ3n) is 5.30. The molecule has 0 bridgehead atoms. The molecule has 2 aromatic heterocycles. The topological polar surface area (TPSA) is 96.0 Å². The lowest BCUT2D eigenvalue weighted by molar-refractivity contribution is 0.384. The molecule has 0 spiro atoms. The fourth-order valence-electron chi connectivity index (χ4n) is 3.78. The average molecular weight is 418 g/mol. The molecule has 0 fully saturated rings. The molecule has 0 radical (unpaired) electrons. The molecule has 0 amide bonds. The summed E-state index contributed by atoms with van der Waals surface area (Å²) < 4.78 is 28.2. The maximum Gasteiger partial charge on any atom is 0.254 e. The van der Waals surface area contributed by atoms with E-state index in [4.69, 9.17) is 0 Å². The van der Waals surface area contributed by atoms with E-state index in [2.05, 4.69) is 15.0 Å². The van der Waals surface area contributed by atoms with Crippen LogP contribution in [0.3, 0.4) is 0 Å². The lowest BCUT2D eigenvalue weighted by Crippen LogP contribution is -2.39. The second-order valence-electron chi connectivity index (χ2n) is 7.13. The van der Waals surface area contributed by atoms with Gasteiger partial charge in [-0.2, -0.15) is 4.31 Å². The van der Waals surface area contributed by atoms with E-state index in [-0.39, 0.29) is 23.5 Å². The van der Waals surface area contributed by atoms with Crippen molar-refractivity contribution in [1.82, 2.24) is 19.3 Å². The van der Waals surface area contributed by atoms with Gasteiger partial charge in [-0.3, -0.25) is 9.78 Å². The minimum atomic E-state index is -3.80. The van der Waals surface area contributed by atoms with E-state index in [9.17, 15) is 13.2 Å². The summed E-state index contributed by atoms with van der Waals surface area (Å²) in [5.41, 5.74) is 2.02. The minimum Gasteiger partial charge on any atom is -0.306 e. The molecule has 5 rings (SSSR count). The van der Waals surface area contributed by atoms with Crippen molar-refractivity contribution in [3.63, 3.8) is 0 Å². The van der Waals surface area contributed by atoms with Crippen LogP contribution in [-0.4, -0.2) is 34.2 Å². The predicted molar refractivity (Wildman–Crippen MR) is 113 cm³/mol. The number of fused-ring (bicyclic) bond motifs is 2. The fraction of sp³-hybridized carbons (Fsp3) is 0.136. The molecule has 0 unspecified atom stereocenters. The Morgan fingerprint density at radius 2 is 1.77 bits per heavy atom. The molecule has 150 valence electrons. The average Bonchev–Trinajstić information content (AvgIpc) is 2.79. The minimum absolute atomic E-state index is 0.0463. The standard InChI is InChI=1S/C22H18N4O3S/c27-22-17-11-13-26(14-18(17)24-21(25-22)16-6-2-1-3-7-16)30(28,29)19-10-4-8-15-9-5-12-23-20(15)19/h1-10,12H,11,13-14H2,(H,24,25,27). The van der Waals surface area contributed by atoms with Crippen molar-refractivity contribution in [3.8, 4) is 11.4 Å². The van der Waals surface area contributed by atoms with Gasteiger partial charge in [0.2, 0.25) is 10.0 Å². The number of H-pyrrole nitrogens is 1. The smallest absolute Gasteiger partial charge is 0.254 e. The summed E-state index contributed by atoms with van der Waals surface area (Å²) in [5.74, 6) is 0.436. The third kappa shape index (κ3) is 3.10. The molecular weight excluding hydrogens is 400 g/mol. The van der Waals surface area contributed by atoms with Crippen LogP contribution in [0, 0.1) is 0 Å². The van der Waals surface area contributed by atoms with Gasteiger partial charge < -0.3 is 4.98 Å². The highest BCUT2D eigenvalue weighted by Crippen LogP contribution is 2.27. The van der Waals surface area contributed by atoms with Crippen molar-refractivity contribution in [2.24, 2.45) is 0 Å². The molecule has 1 aliphatic heterocycles. The summed E-state index contributed by atoms with van der Waals surface area (Å²) in [6, 6.07) is 18.0. The normalized spacial score (nSPS) is 14.5. The molecule has 3 heterocycles. The van der Waals surface area contributed by atoms with Crippen LogP contribution < -0.4 is 5.56 Å². The maximum atomic E-state index is 13.4. The van der Waals surface area contributed by atoms with Gasteiger partial charge in [-0.1, -0.05) is 48.5 Å². The first-order valence-corrected chi connectivity index (χ1v) is 11.0. The second kappa shape index (κ2) is 7.16. The number of nitrogens with one attached hydrogen (secondary N) is 1. The van der Waals surface area contributed by atoms with Crippen molar-refractivity contribution in [3.05, 3.63) is 88.5 Å². The number of sulfonamides is 1. The zero-order chi connectivity index (χ0) is 20.7. The number of hydrogen-bond donors (Lipinski definition) is 1. The van der Waals surface area contributed by atoms with Crippen LogP contribution in [0.25, 0.3) is 22.3 Å². The number of para-hydroxylation sites is 1. The monoisotopic (exact) mass is 418 g/mol. The largest absolute Gasteiger partial charge is 0.306 e. The predicted octanol–water partition coefficient (Wildman–Crippen LogP) is 2.73. The first-order chi connectivity index (χ1) is 14.5. The molecule has 8 heteroatoms. The summed E-state index contributed by atoms with van der Waals surface area (Å²) >= 11 is 0. The van der Waals surface area contributed by atoms with E-state index < -0.39 is 10.0 Å². The van der Waals surface area contributed by atoms with Crippen molar-refractivity contribution >= 4 is 20.9 Å². The number of aromatic amines is 1. The van der Waals surface area contributed by atoms with Gasteiger partial charge >= 0.3 is 0 Å². The Balaban J connectivity index is 1.56. The van der Waals surface area contributed by atoms with Gasteiger partial charge in [-0.05, 0) is 18.6 Å². The number of rotatable bonds is 3. The molecule has 2 aromatic carbocycles. The Bertz CT molecular complexity index is 1410. The Hall–Kier alpha value is -3.36. The molecule has 4 aromatic rings. The number of nitrogens with zero attached hydrogens (tertiary/aromatic N) is 3. The highest BCUT2D eigenvalue weighted by molar-refractivity contribution is 7.89. The van der Waals surface area contributed by atoms with Crippen molar-refractivity contribution in [1.29, 1.82) is 0 Å². The number of aromatic nitrogens is 3. The maximum absolute atomic E-state index is 13.4. The first kappa shape index (κ1) is 18.7. The molecule has 0 aliphatic carbocycles. The Labute approximate surface area is 173 Å². The second-order valence-corrected chi connectivity index (χ2v) is 9.03. The van der Waals surface area contributed by atoms with Crippen LogP contribution in [0.2, 0.25) is 0 Å².